The van der Waals surface area contributed by atoms with Crippen LogP contribution in [0.5, 0.6) is 0 Å². The molecule has 0 saturated carbocycles. The fourth-order valence-electron chi connectivity index (χ4n) is 1.07. The van der Waals surface area contributed by atoms with Gasteiger partial charge in [-0.2, -0.15) is 0 Å². The Morgan fingerprint density at radius 3 is 3.00 bits per heavy atom. The largest absolute Gasteiger partial charge is 0.394 e. The van der Waals surface area contributed by atoms with Crippen molar-refractivity contribution in [3.63, 3.8) is 0 Å². The first-order chi connectivity index (χ1) is 6.76. The molecule has 0 fully saturated rings. The lowest BCUT2D eigenvalue weighted by Crippen LogP contribution is -2.28. The number of aliphatic hydroxyl groups excluding tert-OH is 1. The van der Waals surface area contributed by atoms with Gasteiger partial charge in [0, 0.05) is 17.8 Å². The molecule has 1 atom stereocenters. The van der Waals surface area contributed by atoms with Gasteiger partial charge in [0.25, 0.3) is 0 Å². The Morgan fingerprint density at radius 1 is 1.64 bits per heavy atom. The fraction of sp³-hybridized carbons (Fsp3) is 0.444. The molecule has 1 aromatic heterocycles. The van der Waals surface area contributed by atoms with E-state index in [0.29, 0.717) is 6.61 Å². The van der Waals surface area contributed by atoms with Gasteiger partial charge in [0.15, 0.2) is 0 Å². The van der Waals surface area contributed by atoms with E-state index in [-0.39, 0.29) is 12.6 Å². The van der Waals surface area contributed by atoms with Gasteiger partial charge in [-0.25, -0.2) is 0 Å². The van der Waals surface area contributed by atoms with Crippen LogP contribution >= 0.6 is 15.9 Å². The molecule has 0 aromatic carbocycles. The zero-order chi connectivity index (χ0) is 10.4. The molecule has 0 bridgehead atoms. The molecule has 14 heavy (non-hydrogen) atoms. The van der Waals surface area contributed by atoms with Crippen molar-refractivity contribution in [2.75, 3.05) is 25.6 Å². The van der Waals surface area contributed by atoms with Gasteiger partial charge in [0.05, 0.1) is 31.1 Å². The molecule has 1 rings (SSSR count). The van der Waals surface area contributed by atoms with Crippen molar-refractivity contribution in [2.24, 2.45) is 0 Å². The van der Waals surface area contributed by atoms with Crippen molar-refractivity contribution in [2.45, 2.75) is 6.04 Å². The molecule has 1 aromatic rings. The average Bonchev–Trinajstić information content (AvgIpc) is 2.17. The number of aromatic nitrogens is 1. The zero-order valence-electron chi connectivity index (χ0n) is 7.90. The number of halogens is 1. The van der Waals surface area contributed by atoms with Gasteiger partial charge in [-0.3, -0.25) is 4.98 Å². The molecule has 0 amide bonds. The quantitative estimate of drug-likeness (QED) is 0.837. The van der Waals surface area contributed by atoms with Crippen LogP contribution in [-0.4, -0.2) is 36.5 Å². The minimum atomic E-state index is -0.101. The highest BCUT2D eigenvalue weighted by atomic mass is 79.9. The summed E-state index contributed by atoms with van der Waals surface area (Å²) in [6.45, 7) is 0.489. The fourth-order valence-corrected chi connectivity index (χ4v) is 1.43. The topological polar surface area (TPSA) is 54.4 Å². The average molecular weight is 261 g/mol. The Bertz CT molecular complexity index is 283. The summed E-state index contributed by atoms with van der Waals surface area (Å²) in [5, 5.41) is 12.1. The van der Waals surface area contributed by atoms with Crippen LogP contribution in [0.2, 0.25) is 0 Å². The monoisotopic (exact) mass is 260 g/mol. The Hall–Kier alpha value is -0.650. The molecule has 78 valence electrons. The number of rotatable bonds is 5. The molecule has 2 N–H and O–H groups in total. The van der Waals surface area contributed by atoms with E-state index in [1.54, 1.807) is 19.5 Å². The first-order valence-electron chi connectivity index (χ1n) is 4.23. The van der Waals surface area contributed by atoms with E-state index in [1.807, 2.05) is 6.07 Å². The van der Waals surface area contributed by atoms with E-state index >= 15 is 0 Å². The Kier molecular flexibility index (Phi) is 4.86. The highest BCUT2D eigenvalue weighted by molar-refractivity contribution is 9.10. The molecule has 0 aliphatic carbocycles. The first-order valence-corrected chi connectivity index (χ1v) is 5.02. The third-order valence-corrected chi connectivity index (χ3v) is 2.10. The molecule has 0 radical (unpaired) electrons. The SMILES string of the molecule is COCC(CO)Nc1cncc(Br)c1. The van der Waals surface area contributed by atoms with Crippen LogP contribution in [0.25, 0.3) is 0 Å². The zero-order valence-corrected chi connectivity index (χ0v) is 9.49. The molecule has 0 aliphatic rings. The summed E-state index contributed by atoms with van der Waals surface area (Å²) in [4.78, 5) is 4.00. The van der Waals surface area contributed by atoms with Crippen molar-refractivity contribution in [3.8, 4) is 0 Å². The maximum absolute atomic E-state index is 9.01. The van der Waals surface area contributed by atoms with Gasteiger partial charge in [-0.15, -0.1) is 0 Å². The molecule has 0 spiro atoms. The predicted octanol–water partition coefficient (Wildman–Crippen LogP) is 1.26. The maximum Gasteiger partial charge on any atom is 0.0726 e. The lowest BCUT2D eigenvalue weighted by atomic mass is 10.3. The minimum absolute atomic E-state index is 0.0281. The number of nitrogens with one attached hydrogen (secondary N) is 1. The van der Waals surface area contributed by atoms with E-state index in [2.05, 4.69) is 26.2 Å². The lowest BCUT2D eigenvalue weighted by molar-refractivity contribution is 0.153. The summed E-state index contributed by atoms with van der Waals surface area (Å²) >= 11 is 3.32. The van der Waals surface area contributed by atoms with Gasteiger partial charge in [-0.1, -0.05) is 0 Å². The highest BCUT2D eigenvalue weighted by Crippen LogP contribution is 2.14. The standard InChI is InChI=1S/C9H13BrN2O2/c1-14-6-9(5-13)12-8-2-7(10)3-11-4-8/h2-4,9,12-13H,5-6H2,1H3. The van der Waals surface area contributed by atoms with Gasteiger partial charge in [0.2, 0.25) is 0 Å². The van der Waals surface area contributed by atoms with Crippen LogP contribution < -0.4 is 5.32 Å². The summed E-state index contributed by atoms with van der Waals surface area (Å²) < 4.78 is 5.84. The highest BCUT2D eigenvalue weighted by Gasteiger charge is 2.06. The van der Waals surface area contributed by atoms with E-state index in [9.17, 15) is 0 Å². The summed E-state index contributed by atoms with van der Waals surface area (Å²) in [5.41, 5.74) is 0.857. The van der Waals surface area contributed by atoms with Crippen LogP contribution in [0.15, 0.2) is 22.9 Å². The Labute approximate surface area is 91.4 Å². The molecular formula is C9H13BrN2O2. The first kappa shape index (κ1) is 11.4. The molecule has 1 unspecified atom stereocenters. The normalized spacial score (nSPS) is 12.5. The summed E-state index contributed by atoms with van der Waals surface area (Å²) in [6, 6.07) is 1.79. The van der Waals surface area contributed by atoms with Crippen molar-refractivity contribution in [1.82, 2.24) is 4.98 Å². The third kappa shape index (κ3) is 3.61. The van der Waals surface area contributed by atoms with Crippen molar-refractivity contribution >= 4 is 21.6 Å². The Balaban J connectivity index is 2.57. The van der Waals surface area contributed by atoms with Crippen LogP contribution in [0.4, 0.5) is 5.69 Å². The third-order valence-electron chi connectivity index (χ3n) is 1.66. The summed E-state index contributed by atoms with van der Waals surface area (Å²) in [6.07, 6.45) is 3.40. The number of anilines is 1. The van der Waals surface area contributed by atoms with Gasteiger partial charge < -0.3 is 15.2 Å². The van der Waals surface area contributed by atoms with E-state index in [1.165, 1.54) is 0 Å². The lowest BCUT2D eigenvalue weighted by Gasteiger charge is -2.16. The van der Waals surface area contributed by atoms with Crippen LogP contribution in [0, 0.1) is 0 Å². The number of pyridine rings is 1. The Morgan fingerprint density at radius 2 is 2.43 bits per heavy atom. The van der Waals surface area contributed by atoms with E-state index in [4.69, 9.17) is 9.84 Å². The predicted molar refractivity (Wildman–Crippen MR) is 58.3 cm³/mol. The van der Waals surface area contributed by atoms with E-state index < -0.39 is 0 Å². The second-order valence-electron chi connectivity index (χ2n) is 2.87. The summed E-state index contributed by atoms with van der Waals surface area (Å²) in [7, 11) is 1.60. The molecule has 0 saturated heterocycles. The van der Waals surface area contributed by atoms with E-state index in [0.717, 1.165) is 10.2 Å². The second-order valence-corrected chi connectivity index (χ2v) is 3.79. The molecule has 0 aliphatic heterocycles. The minimum Gasteiger partial charge on any atom is -0.394 e. The van der Waals surface area contributed by atoms with Crippen molar-refractivity contribution in [3.05, 3.63) is 22.9 Å². The molecular weight excluding hydrogens is 248 g/mol. The number of aliphatic hydroxyl groups is 1. The van der Waals surface area contributed by atoms with Crippen LogP contribution in [-0.2, 0) is 4.74 Å². The van der Waals surface area contributed by atoms with Gasteiger partial charge >= 0.3 is 0 Å². The van der Waals surface area contributed by atoms with Crippen molar-refractivity contribution < 1.29 is 9.84 Å². The molecule has 1 heterocycles. The smallest absolute Gasteiger partial charge is 0.0726 e. The molecule has 4 nitrogen and oxygen atoms in total. The number of hydrogen-bond donors (Lipinski definition) is 2. The number of nitrogens with zero attached hydrogens (tertiary/aromatic N) is 1. The maximum atomic E-state index is 9.01. The number of methoxy groups -OCH3 is 1. The second kappa shape index (κ2) is 5.95. The van der Waals surface area contributed by atoms with Gasteiger partial charge in [0.1, 0.15) is 0 Å². The number of ether oxygens (including phenoxy) is 1. The molecule has 5 heteroatoms. The van der Waals surface area contributed by atoms with Crippen LogP contribution in [0.1, 0.15) is 0 Å². The van der Waals surface area contributed by atoms with Crippen LogP contribution in [0.3, 0.4) is 0 Å². The van der Waals surface area contributed by atoms with Crippen molar-refractivity contribution in [1.29, 1.82) is 0 Å². The number of hydrogen-bond acceptors (Lipinski definition) is 4. The van der Waals surface area contributed by atoms with Gasteiger partial charge in [-0.05, 0) is 22.0 Å². The summed E-state index contributed by atoms with van der Waals surface area (Å²) in [5.74, 6) is 0.